The van der Waals surface area contributed by atoms with Gasteiger partial charge < -0.3 is 24.3 Å². The van der Waals surface area contributed by atoms with Crippen LogP contribution in [0, 0.1) is 0 Å². The smallest absolute Gasteiger partial charge is 0.164 e. The van der Waals surface area contributed by atoms with E-state index in [9.17, 15) is 0 Å². The molecule has 9 heteroatoms. The van der Waals surface area contributed by atoms with Crippen molar-refractivity contribution >= 4 is 45.6 Å². The molecule has 2 fully saturated rings. The lowest BCUT2D eigenvalue weighted by atomic mass is 10.1. The van der Waals surface area contributed by atoms with Crippen LogP contribution in [0.25, 0.3) is 10.9 Å². The van der Waals surface area contributed by atoms with Crippen LogP contribution in [0.4, 0.5) is 11.5 Å². The summed E-state index contributed by atoms with van der Waals surface area (Å²) in [5.74, 6) is 1.79. The third-order valence-corrected chi connectivity index (χ3v) is 6.04. The van der Waals surface area contributed by atoms with Gasteiger partial charge in [0, 0.05) is 23.7 Å². The molecule has 1 N–H and O–H groups in total. The second-order valence-corrected chi connectivity index (χ2v) is 7.96. The van der Waals surface area contributed by atoms with E-state index in [1.807, 2.05) is 18.2 Å². The maximum Gasteiger partial charge on any atom is 0.164 e. The number of methoxy groups -OCH3 is 1. The molecule has 0 bridgehead atoms. The summed E-state index contributed by atoms with van der Waals surface area (Å²) >= 11 is 12.1. The minimum Gasteiger partial charge on any atom is -0.493 e. The predicted molar refractivity (Wildman–Crippen MR) is 114 cm³/mol. The number of hydrogen-bond donors (Lipinski definition) is 1. The van der Waals surface area contributed by atoms with Crippen molar-refractivity contribution < 1.29 is 18.9 Å². The topological polar surface area (TPSA) is 74.7 Å². The minimum atomic E-state index is -0.181. The number of anilines is 2. The Balaban J connectivity index is 1.47. The monoisotopic (exact) mass is 447 g/mol. The van der Waals surface area contributed by atoms with Gasteiger partial charge in [-0.25, -0.2) is 9.97 Å². The van der Waals surface area contributed by atoms with E-state index >= 15 is 0 Å². The first kappa shape index (κ1) is 19.6. The highest BCUT2D eigenvalue weighted by Gasteiger charge is 2.43. The van der Waals surface area contributed by atoms with Gasteiger partial charge in [-0.05, 0) is 30.7 Å². The van der Waals surface area contributed by atoms with Gasteiger partial charge in [0.15, 0.2) is 17.6 Å². The van der Waals surface area contributed by atoms with Gasteiger partial charge in [-0.3, -0.25) is 0 Å². The summed E-state index contributed by atoms with van der Waals surface area (Å²) in [6.45, 7) is 1.19. The fraction of sp³-hybridized carbons (Fsp3) is 0.333. The van der Waals surface area contributed by atoms with Gasteiger partial charge in [-0.15, -0.1) is 0 Å². The second-order valence-electron chi connectivity index (χ2n) is 7.15. The van der Waals surface area contributed by atoms with Crippen LogP contribution < -0.4 is 14.8 Å². The van der Waals surface area contributed by atoms with Gasteiger partial charge in [0.2, 0.25) is 0 Å². The summed E-state index contributed by atoms with van der Waals surface area (Å²) in [6.07, 6.45) is 2.26. The van der Waals surface area contributed by atoms with Crippen molar-refractivity contribution in [3.05, 3.63) is 46.7 Å². The Bertz CT molecular complexity index is 1100. The van der Waals surface area contributed by atoms with Crippen molar-refractivity contribution in [3.63, 3.8) is 0 Å². The highest BCUT2D eigenvalue weighted by molar-refractivity contribution is 6.42. The number of hydrogen-bond acceptors (Lipinski definition) is 7. The van der Waals surface area contributed by atoms with Crippen molar-refractivity contribution in [1.29, 1.82) is 0 Å². The molecule has 0 saturated carbocycles. The van der Waals surface area contributed by atoms with Crippen molar-refractivity contribution in [3.8, 4) is 11.5 Å². The molecule has 2 saturated heterocycles. The molecular formula is C21H19Cl2N3O4. The highest BCUT2D eigenvalue weighted by atomic mass is 35.5. The van der Waals surface area contributed by atoms with Crippen LogP contribution in [0.15, 0.2) is 36.7 Å². The molecule has 156 valence electrons. The molecule has 1 aromatic heterocycles. The van der Waals surface area contributed by atoms with E-state index in [0.29, 0.717) is 46.1 Å². The summed E-state index contributed by atoms with van der Waals surface area (Å²) in [4.78, 5) is 8.77. The first-order valence-electron chi connectivity index (χ1n) is 9.57. The van der Waals surface area contributed by atoms with Crippen LogP contribution in [-0.4, -0.2) is 48.6 Å². The molecule has 0 spiro atoms. The molecule has 5 rings (SSSR count). The van der Waals surface area contributed by atoms with Crippen molar-refractivity contribution in [2.24, 2.45) is 0 Å². The van der Waals surface area contributed by atoms with Gasteiger partial charge in [0.25, 0.3) is 0 Å². The second kappa shape index (κ2) is 8.07. The van der Waals surface area contributed by atoms with E-state index in [1.54, 1.807) is 19.2 Å². The average Bonchev–Trinajstić information content (AvgIpc) is 3.36. The number of halogens is 2. The maximum absolute atomic E-state index is 6.22. The van der Waals surface area contributed by atoms with E-state index in [2.05, 4.69) is 15.3 Å². The van der Waals surface area contributed by atoms with Crippen LogP contribution in [0.5, 0.6) is 11.5 Å². The summed E-state index contributed by atoms with van der Waals surface area (Å²) in [5.41, 5.74) is 1.47. The molecular weight excluding hydrogens is 429 g/mol. The number of aromatic nitrogens is 2. The quantitative estimate of drug-likeness (QED) is 0.611. The van der Waals surface area contributed by atoms with Crippen molar-refractivity contribution in [2.45, 2.75) is 24.7 Å². The van der Waals surface area contributed by atoms with E-state index in [4.69, 9.17) is 42.1 Å². The lowest BCUT2D eigenvalue weighted by Crippen LogP contribution is -2.32. The van der Waals surface area contributed by atoms with Crippen LogP contribution >= 0.6 is 23.2 Å². The van der Waals surface area contributed by atoms with E-state index in [0.717, 1.165) is 17.5 Å². The molecule has 0 amide bonds. The van der Waals surface area contributed by atoms with E-state index in [-0.39, 0.29) is 18.3 Å². The lowest BCUT2D eigenvalue weighted by Gasteiger charge is -2.20. The van der Waals surface area contributed by atoms with Gasteiger partial charge >= 0.3 is 0 Å². The Morgan fingerprint density at radius 2 is 1.97 bits per heavy atom. The number of nitrogens with zero attached hydrogens (tertiary/aromatic N) is 2. The number of fused-ring (bicyclic) bond motifs is 2. The fourth-order valence-corrected chi connectivity index (χ4v) is 4.12. The van der Waals surface area contributed by atoms with E-state index in [1.165, 1.54) is 6.33 Å². The van der Waals surface area contributed by atoms with E-state index < -0.39 is 0 Å². The number of ether oxygens (including phenoxy) is 4. The van der Waals surface area contributed by atoms with Crippen LogP contribution in [0.2, 0.25) is 10.0 Å². The van der Waals surface area contributed by atoms with Crippen LogP contribution in [-0.2, 0) is 9.47 Å². The zero-order chi connectivity index (χ0) is 20.7. The summed E-state index contributed by atoms with van der Waals surface area (Å²) < 4.78 is 23.4. The van der Waals surface area contributed by atoms with Crippen LogP contribution in [0.1, 0.15) is 6.42 Å². The SMILES string of the molecule is COc1cc2c(Nc3ccc(Cl)c(Cl)c3)ncnc2cc1O[C@@H]1COC2CCOC21. The Labute approximate surface area is 183 Å². The molecule has 3 atom stereocenters. The molecule has 3 heterocycles. The molecule has 2 aliphatic heterocycles. The molecule has 2 aromatic carbocycles. The Morgan fingerprint density at radius 1 is 1.07 bits per heavy atom. The van der Waals surface area contributed by atoms with Gasteiger partial charge in [-0.2, -0.15) is 0 Å². The standard InChI is InChI=1S/C21H19Cl2N3O4/c1-27-17-7-12-15(8-18(17)30-19-9-29-16-4-5-28-20(16)19)24-10-25-21(12)26-11-2-3-13(22)14(23)6-11/h2-3,6-8,10,16,19-20H,4-5,9H2,1H3,(H,24,25,26)/t16?,19-,20?/m1/s1. The zero-order valence-corrected chi connectivity index (χ0v) is 17.6. The molecule has 3 aromatic rings. The predicted octanol–water partition coefficient (Wildman–Crippen LogP) is 4.62. The maximum atomic E-state index is 6.22. The van der Waals surface area contributed by atoms with Crippen LogP contribution in [0.3, 0.4) is 0 Å². The normalized spacial score (nSPS) is 22.8. The third kappa shape index (κ3) is 3.63. The van der Waals surface area contributed by atoms with Crippen molar-refractivity contribution in [2.75, 3.05) is 25.6 Å². The molecule has 2 aliphatic rings. The molecule has 0 radical (unpaired) electrons. The molecule has 30 heavy (non-hydrogen) atoms. The highest BCUT2D eigenvalue weighted by Crippen LogP contribution is 2.38. The summed E-state index contributed by atoms with van der Waals surface area (Å²) in [7, 11) is 1.60. The molecule has 2 unspecified atom stereocenters. The first-order chi connectivity index (χ1) is 14.6. The zero-order valence-electron chi connectivity index (χ0n) is 16.1. The lowest BCUT2D eigenvalue weighted by molar-refractivity contribution is 0.0298. The van der Waals surface area contributed by atoms with Gasteiger partial charge in [0.05, 0.1) is 35.4 Å². The number of nitrogens with one attached hydrogen (secondary N) is 1. The number of rotatable bonds is 5. The molecule has 7 nitrogen and oxygen atoms in total. The largest absolute Gasteiger partial charge is 0.493 e. The summed E-state index contributed by atoms with van der Waals surface area (Å²) in [6, 6.07) is 9.00. The number of benzene rings is 2. The van der Waals surface area contributed by atoms with Gasteiger partial charge in [0.1, 0.15) is 18.2 Å². The Morgan fingerprint density at radius 3 is 2.80 bits per heavy atom. The first-order valence-corrected chi connectivity index (χ1v) is 10.3. The Hall–Kier alpha value is -2.32. The summed E-state index contributed by atoms with van der Waals surface area (Å²) in [5, 5.41) is 4.99. The Kier molecular flexibility index (Phi) is 5.28. The van der Waals surface area contributed by atoms with Gasteiger partial charge in [-0.1, -0.05) is 23.2 Å². The minimum absolute atomic E-state index is 0.0531. The fourth-order valence-electron chi connectivity index (χ4n) is 3.82. The van der Waals surface area contributed by atoms with Crippen molar-refractivity contribution in [1.82, 2.24) is 9.97 Å². The average molecular weight is 448 g/mol. The third-order valence-electron chi connectivity index (χ3n) is 5.30. The molecule has 0 aliphatic carbocycles.